The minimum atomic E-state index is -0.729. The lowest BCUT2D eigenvalue weighted by molar-refractivity contribution is 0.628. The maximum atomic E-state index is 13.8. The molecule has 0 spiro atoms. The van der Waals surface area contributed by atoms with E-state index in [2.05, 4.69) is 5.32 Å². The smallest absolute Gasteiger partial charge is 0.131 e. The first-order valence-electron chi connectivity index (χ1n) is 6.50. The Balaban J connectivity index is 1.93. The Hall–Kier alpha value is -1.04. The molecule has 0 saturated carbocycles. The third-order valence-electron chi connectivity index (χ3n) is 2.93. The molecule has 1 N–H and O–H groups in total. The molecule has 2 rings (SSSR count). The first-order valence-corrected chi connectivity index (χ1v) is 9.10. The third-order valence-corrected chi connectivity index (χ3v) is 4.70. The van der Waals surface area contributed by atoms with Gasteiger partial charge in [-0.1, -0.05) is 12.1 Å². The van der Waals surface area contributed by atoms with Gasteiger partial charge < -0.3 is 5.32 Å². The molecule has 1 aromatic heterocycles. The lowest BCUT2D eigenvalue weighted by atomic mass is 10.1. The highest BCUT2D eigenvalue weighted by Crippen LogP contribution is 2.28. The Morgan fingerprint density at radius 3 is 2.90 bits per heavy atom. The minimum Gasteiger partial charge on any atom is -0.313 e. The Bertz CT molecular complexity index is 569. The van der Waals surface area contributed by atoms with Crippen LogP contribution in [0.1, 0.15) is 12.0 Å². The lowest BCUT2D eigenvalue weighted by Crippen LogP contribution is -2.16. The molecule has 0 aliphatic heterocycles. The summed E-state index contributed by atoms with van der Waals surface area (Å²) in [6, 6.07) is 9.07. The van der Waals surface area contributed by atoms with Crippen molar-refractivity contribution in [3.63, 3.8) is 0 Å². The van der Waals surface area contributed by atoms with Crippen LogP contribution in [0.5, 0.6) is 0 Å². The summed E-state index contributed by atoms with van der Waals surface area (Å²) < 4.78 is 24.8. The van der Waals surface area contributed by atoms with Crippen molar-refractivity contribution in [1.29, 1.82) is 0 Å². The summed E-state index contributed by atoms with van der Waals surface area (Å²) in [5.74, 6) is 0.536. The van der Waals surface area contributed by atoms with Crippen LogP contribution in [0.15, 0.2) is 35.7 Å². The molecule has 0 amide bonds. The standard InChI is InChI=1S/C15H18FNOS2/c1-20(18)9-3-7-17-11-12-5-6-14(16)13(10-12)15-4-2-8-19-15/h2,4-6,8,10,17H,3,7,9,11H2,1H3. The minimum absolute atomic E-state index is 0.183. The molecule has 1 aromatic carbocycles. The Morgan fingerprint density at radius 2 is 2.20 bits per heavy atom. The fraction of sp³-hybridized carbons (Fsp3) is 0.333. The maximum absolute atomic E-state index is 13.8. The van der Waals surface area contributed by atoms with Gasteiger partial charge in [0.05, 0.1) is 0 Å². The molecule has 5 heteroatoms. The van der Waals surface area contributed by atoms with E-state index in [-0.39, 0.29) is 5.82 Å². The number of benzene rings is 1. The van der Waals surface area contributed by atoms with Crippen LogP contribution in [0.2, 0.25) is 0 Å². The second kappa shape index (κ2) is 7.67. The van der Waals surface area contributed by atoms with Gasteiger partial charge >= 0.3 is 0 Å². The first-order chi connectivity index (χ1) is 9.66. The molecule has 1 heterocycles. The third kappa shape index (κ3) is 4.51. The van der Waals surface area contributed by atoms with Crippen molar-refractivity contribution in [2.75, 3.05) is 18.6 Å². The molecule has 108 valence electrons. The zero-order valence-corrected chi connectivity index (χ0v) is 13.0. The highest BCUT2D eigenvalue weighted by atomic mass is 32.2. The van der Waals surface area contributed by atoms with Crippen LogP contribution in [-0.2, 0) is 17.3 Å². The number of hydrogen-bond acceptors (Lipinski definition) is 3. The summed E-state index contributed by atoms with van der Waals surface area (Å²) in [7, 11) is -0.729. The summed E-state index contributed by atoms with van der Waals surface area (Å²) >= 11 is 1.54. The van der Waals surface area contributed by atoms with Crippen molar-refractivity contribution < 1.29 is 8.60 Å². The number of nitrogens with one attached hydrogen (secondary N) is 1. The fourth-order valence-electron chi connectivity index (χ4n) is 1.94. The van der Waals surface area contributed by atoms with E-state index in [0.29, 0.717) is 12.1 Å². The van der Waals surface area contributed by atoms with E-state index in [1.165, 1.54) is 17.4 Å². The van der Waals surface area contributed by atoms with Gasteiger partial charge in [0.1, 0.15) is 5.82 Å². The number of hydrogen-bond donors (Lipinski definition) is 1. The highest BCUT2D eigenvalue weighted by Gasteiger charge is 2.07. The molecule has 20 heavy (non-hydrogen) atoms. The van der Waals surface area contributed by atoms with Gasteiger partial charge in [-0.3, -0.25) is 4.21 Å². The quantitative estimate of drug-likeness (QED) is 0.794. The molecule has 0 aliphatic rings. The molecule has 0 fully saturated rings. The molecule has 2 aromatic rings. The monoisotopic (exact) mass is 311 g/mol. The Kier molecular flexibility index (Phi) is 5.88. The van der Waals surface area contributed by atoms with Gasteiger partial charge in [0.15, 0.2) is 0 Å². The maximum Gasteiger partial charge on any atom is 0.131 e. The van der Waals surface area contributed by atoms with Crippen LogP contribution in [0.4, 0.5) is 4.39 Å². The van der Waals surface area contributed by atoms with Gasteiger partial charge in [-0.15, -0.1) is 11.3 Å². The van der Waals surface area contributed by atoms with Crippen LogP contribution in [0, 0.1) is 5.82 Å². The van der Waals surface area contributed by atoms with Crippen molar-refractivity contribution in [3.8, 4) is 10.4 Å². The fourth-order valence-corrected chi connectivity index (χ4v) is 3.23. The summed E-state index contributed by atoms with van der Waals surface area (Å²) in [5.41, 5.74) is 1.72. The van der Waals surface area contributed by atoms with Gasteiger partial charge in [0, 0.05) is 39.8 Å². The molecular formula is C15H18FNOS2. The average Bonchev–Trinajstić information content (AvgIpc) is 2.93. The normalized spacial score (nSPS) is 12.5. The number of thiophene rings is 1. The van der Waals surface area contributed by atoms with Crippen LogP contribution >= 0.6 is 11.3 Å². The molecule has 0 radical (unpaired) electrons. The Labute approximate surface area is 125 Å². The van der Waals surface area contributed by atoms with Gasteiger partial charge in [0.2, 0.25) is 0 Å². The van der Waals surface area contributed by atoms with E-state index in [0.717, 1.165) is 29.2 Å². The van der Waals surface area contributed by atoms with Crippen LogP contribution in [0.25, 0.3) is 10.4 Å². The van der Waals surface area contributed by atoms with E-state index in [9.17, 15) is 8.60 Å². The largest absolute Gasteiger partial charge is 0.313 e. The van der Waals surface area contributed by atoms with Crippen molar-refractivity contribution in [2.45, 2.75) is 13.0 Å². The number of halogens is 1. The van der Waals surface area contributed by atoms with Crippen LogP contribution in [-0.4, -0.2) is 22.8 Å². The molecule has 1 atom stereocenters. The van der Waals surface area contributed by atoms with E-state index in [1.54, 1.807) is 12.3 Å². The van der Waals surface area contributed by atoms with Crippen molar-refractivity contribution in [3.05, 3.63) is 47.1 Å². The predicted octanol–water partition coefficient (Wildman–Crippen LogP) is 3.41. The van der Waals surface area contributed by atoms with Crippen LogP contribution < -0.4 is 5.32 Å². The van der Waals surface area contributed by atoms with Crippen molar-refractivity contribution in [2.24, 2.45) is 0 Å². The zero-order chi connectivity index (χ0) is 14.4. The summed E-state index contributed by atoms with van der Waals surface area (Å²) in [6.07, 6.45) is 2.61. The summed E-state index contributed by atoms with van der Waals surface area (Å²) in [4.78, 5) is 0.950. The van der Waals surface area contributed by atoms with E-state index < -0.39 is 10.8 Å². The molecule has 0 bridgehead atoms. The lowest BCUT2D eigenvalue weighted by Gasteiger charge is -2.07. The second-order valence-corrected chi connectivity index (χ2v) is 7.10. The van der Waals surface area contributed by atoms with Gasteiger partial charge in [-0.05, 0) is 42.1 Å². The van der Waals surface area contributed by atoms with Crippen LogP contribution in [0.3, 0.4) is 0 Å². The SMILES string of the molecule is CS(=O)CCCNCc1ccc(F)c(-c2cccs2)c1. The molecule has 1 unspecified atom stereocenters. The predicted molar refractivity (Wildman–Crippen MR) is 85.0 cm³/mol. The topological polar surface area (TPSA) is 29.1 Å². The van der Waals surface area contributed by atoms with Gasteiger partial charge in [-0.25, -0.2) is 4.39 Å². The van der Waals surface area contributed by atoms with E-state index >= 15 is 0 Å². The summed E-state index contributed by atoms with van der Waals surface area (Å²) in [5, 5.41) is 5.24. The van der Waals surface area contributed by atoms with Gasteiger partial charge in [0.25, 0.3) is 0 Å². The number of rotatable bonds is 7. The highest BCUT2D eigenvalue weighted by molar-refractivity contribution is 7.84. The summed E-state index contributed by atoms with van der Waals surface area (Å²) in [6.45, 7) is 1.53. The van der Waals surface area contributed by atoms with E-state index in [1.807, 2.05) is 23.6 Å². The molecule has 0 aliphatic carbocycles. The Morgan fingerprint density at radius 1 is 1.35 bits per heavy atom. The second-order valence-electron chi connectivity index (χ2n) is 4.60. The molecule has 0 saturated heterocycles. The zero-order valence-electron chi connectivity index (χ0n) is 11.4. The average molecular weight is 311 g/mol. The molecular weight excluding hydrogens is 293 g/mol. The first kappa shape index (κ1) is 15.4. The van der Waals surface area contributed by atoms with Crippen molar-refractivity contribution in [1.82, 2.24) is 5.32 Å². The van der Waals surface area contributed by atoms with Gasteiger partial charge in [-0.2, -0.15) is 0 Å². The van der Waals surface area contributed by atoms with Crippen molar-refractivity contribution >= 4 is 22.1 Å². The molecule has 2 nitrogen and oxygen atoms in total. The van der Waals surface area contributed by atoms with E-state index in [4.69, 9.17) is 0 Å².